The smallest absolute Gasteiger partial charge is 0.191 e. The minimum absolute atomic E-state index is 0. The minimum Gasteiger partial charge on any atom is -0.352 e. The molecule has 0 fully saturated rings. The lowest BCUT2D eigenvalue weighted by Crippen LogP contribution is -2.36. The summed E-state index contributed by atoms with van der Waals surface area (Å²) in [5, 5.41) is 16.4. The van der Waals surface area contributed by atoms with Crippen molar-refractivity contribution in [3.05, 3.63) is 51.5 Å². The van der Waals surface area contributed by atoms with Crippen LogP contribution in [0, 0.1) is 11.3 Å². The Labute approximate surface area is 157 Å². The first-order chi connectivity index (χ1) is 10.7. The number of hydrogen-bond acceptors (Lipinski definition) is 4. The molecule has 1 heterocycles. The van der Waals surface area contributed by atoms with Crippen LogP contribution in [0.4, 0.5) is 0 Å². The molecule has 0 saturated carbocycles. The molecule has 23 heavy (non-hydrogen) atoms. The van der Waals surface area contributed by atoms with Gasteiger partial charge in [0.2, 0.25) is 0 Å². The number of benzene rings is 1. The Morgan fingerprint density at radius 1 is 1.35 bits per heavy atom. The zero-order chi connectivity index (χ0) is 15.8. The highest BCUT2D eigenvalue weighted by Crippen LogP contribution is 2.12. The van der Waals surface area contributed by atoms with Gasteiger partial charge in [-0.15, -0.1) is 35.3 Å². The Kier molecular flexibility index (Phi) is 8.58. The Balaban J connectivity index is 0.00000264. The van der Waals surface area contributed by atoms with Crippen LogP contribution in [0.15, 0.2) is 35.5 Å². The summed E-state index contributed by atoms with van der Waals surface area (Å²) in [7, 11) is 1.74. The molecule has 0 radical (unpaired) electrons. The molecular weight excluding hydrogens is 421 g/mol. The van der Waals surface area contributed by atoms with Gasteiger partial charge >= 0.3 is 0 Å². The SMILES string of the molecule is CCc1cnc(CNC(=NC)NCc2cccc(C#N)c2)s1.I. The highest BCUT2D eigenvalue weighted by Gasteiger charge is 2.03. The molecule has 7 heteroatoms. The summed E-state index contributed by atoms with van der Waals surface area (Å²) in [6.45, 7) is 3.40. The molecule has 122 valence electrons. The number of aryl methyl sites for hydroxylation is 1. The third-order valence-corrected chi connectivity index (χ3v) is 4.24. The summed E-state index contributed by atoms with van der Waals surface area (Å²) < 4.78 is 0. The van der Waals surface area contributed by atoms with Crippen LogP contribution in [-0.2, 0) is 19.5 Å². The van der Waals surface area contributed by atoms with E-state index in [-0.39, 0.29) is 24.0 Å². The number of nitriles is 1. The normalized spacial score (nSPS) is 10.6. The van der Waals surface area contributed by atoms with Crippen molar-refractivity contribution in [3.63, 3.8) is 0 Å². The highest BCUT2D eigenvalue weighted by molar-refractivity contribution is 14.0. The number of nitrogens with zero attached hydrogens (tertiary/aromatic N) is 3. The van der Waals surface area contributed by atoms with E-state index in [1.165, 1.54) is 4.88 Å². The van der Waals surface area contributed by atoms with E-state index >= 15 is 0 Å². The molecule has 0 amide bonds. The number of guanidine groups is 1. The van der Waals surface area contributed by atoms with Gasteiger partial charge < -0.3 is 10.6 Å². The number of aromatic nitrogens is 1. The molecule has 0 spiro atoms. The summed E-state index contributed by atoms with van der Waals surface area (Å²) in [5.74, 6) is 0.718. The van der Waals surface area contributed by atoms with E-state index in [1.807, 2.05) is 24.4 Å². The van der Waals surface area contributed by atoms with Crippen molar-refractivity contribution in [2.45, 2.75) is 26.4 Å². The maximum absolute atomic E-state index is 8.91. The van der Waals surface area contributed by atoms with Crippen LogP contribution in [0.2, 0.25) is 0 Å². The van der Waals surface area contributed by atoms with E-state index in [1.54, 1.807) is 24.5 Å². The molecule has 1 aromatic heterocycles. The first-order valence-corrected chi connectivity index (χ1v) is 7.94. The number of rotatable bonds is 5. The maximum atomic E-state index is 8.91. The topological polar surface area (TPSA) is 73.1 Å². The number of hydrogen-bond donors (Lipinski definition) is 2. The Morgan fingerprint density at radius 2 is 2.13 bits per heavy atom. The van der Waals surface area contributed by atoms with Gasteiger partial charge in [-0.2, -0.15) is 5.26 Å². The van der Waals surface area contributed by atoms with Crippen LogP contribution in [0.25, 0.3) is 0 Å². The van der Waals surface area contributed by atoms with Crippen molar-refractivity contribution >= 4 is 41.3 Å². The van der Waals surface area contributed by atoms with Crippen LogP contribution in [0.5, 0.6) is 0 Å². The zero-order valence-electron chi connectivity index (χ0n) is 13.2. The quantitative estimate of drug-likeness (QED) is 0.425. The lowest BCUT2D eigenvalue weighted by molar-refractivity contribution is 0.805. The van der Waals surface area contributed by atoms with E-state index in [0.717, 1.165) is 23.0 Å². The fourth-order valence-corrected chi connectivity index (χ4v) is 2.71. The molecule has 0 unspecified atom stereocenters. The number of thiazole rings is 1. The van der Waals surface area contributed by atoms with Gasteiger partial charge in [0.1, 0.15) is 5.01 Å². The van der Waals surface area contributed by atoms with Crippen molar-refractivity contribution in [2.24, 2.45) is 4.99 Å². The Bertz CT molecular complexity index is 690. The average Bonchev–Trinajstić information content (AvgIpc) is 3.03. The summed E-state index contributed by atoms with van der Waals surface area (Å²) in [4.78, 5) is 9.85. The van der Waals surface area contributed by atoms with Crippen molar-refractivity contribution in [1.82, 2.24) is 15.6 Å². The van der Waals surface area contributed by atoms with Gasteiger partial charge in [0.15, 0.2) is 5.96 Å². The first kappa shape index (κ1) is 19.4. The van der Waals surface area contributed by atoms with Crippen molar-refractivity contribution in [3.8, 4) is 6.07 Å². The van der Waals surface area contributed by atoms with Gasteiger partial charge in [-0.1, -0.05) is 19.1 Å². The molecule has 0 saturated heterocycles. The largest absolute Gasteiger partial charge is 0.352 e. The molecular formula is C16H20IN5S. The lowest BCUT2D eigenvalue weighted by atomic mass is 10.1. The number of aliphatic imine (C=N–C) groups is 1. The molecule has 0 atom stereocenters. The lowest BCUT2D eigenvalue weighted by Gasteiger charge is -2.11. The van der Waals surface area contributed by atoms with Crippen molar-refractivity contribution in [2.75, 3.05) is 7.05 Å². The van der Waals surface area contributed by atoms with Crippen LogP contribution >= 0.6 is 35.3 Å². The Morgan fingerprint density at radius 3 is 2.78 bits per heavy atom. The van der Waals surface area contributed by atoms with Crippen LogP contribution in [0.1, 0.15) is 27.9 Å². The summed E-state index contributed by atoms with van der Waals surface area (Å²) in [5.41, 5.74) is 1.71. The first-order valence-electron chi connectivity index (χ1n) is 7.12. The molecule has 0 aliphatic rings. The second-order valence-corrected chi connectivity index (χ2v) is 5.87. The van der Waals surface area contributed by atoms with E-state index in [0.29, 0.717) is 18.7 Å². The second kappa shape index (κ2) is 10.2. The molecule has 1 aromatic carbocycles. The molecule has 2 aromatic rings. The average molecular weight is 441 g/mol. The van der Waals surface area contributed by atoms with Gasteiger partial charge in [-0.05, 0) is 24.1 Å². The van der Waals surface area contributed by atoms with Crippen LogP contribution in [-0.4, -0.2) is 18.0 Å². The monoisotopic (exact) mass is 441 g/mol. The standard InChI is InChI=1S/C16H19N5S.HI/c1-3-14-10-19-15(22-14)11-21-16(18-2)20-9-13-6-4-5-12(7-13)8-17;/h4-7,10H,3,9,11H2,1-2H3,(H2,18,20,21);1H. The number of halogens is 1. The van der Waals surface area contributed by atoms with Gasteiger partial charge in [-0.25, -0.2) is 4.98 Å². The van der Waals surface area contributed by atoms with E-state index < -0.39 is 0 Å². The molecule has 2 N–H and O–H groups in total. The van der Waals surface area contributed by atoms with Gasteiger partial charge in [-0.3, -0.25) is 4.99 Å². The van der Waals surface area contributed by atoms with E-state index in [4.69, 9.17) is 5.26 Å². The fourth-order valence-electron chi connectivity index (χ4n) is 1.91. The van der Waals surface area contributed by atoms with Crippen molar-refractivity contribution in [1.29, 1.82) is 5.26 Å². The van der Waals surface area contributed by atoms with Crippen LogP contribution in [0.3, 0.4) is 0 Å². The fraction of sp³-hybridized carbons (Fsp3) is 0.312. The maximum Gasteiger partial charge on any atom is 0.191 e. The summed E-state index contributed by atoms with van der Waals surface area (Å²) in [6, 6.07) is 9.67. The molecule has 2 rings (SSSR count). The third-order valence-electron chi connectivity index (χ3n) is 3.10. The minimum atomic E-state index is 0. The molecule has 5 nitrogen and oxygen atoms in total. The Hall–Kier alpha value is -1.66. The van der Waals surface area contributed by atoms with E-state index in [2.05, 4.69) is 33.6 Å². The zero-order valence-corrected chi connectivity index (χ0v) is 16.3. The van der Waals surface area contributed by atoms with Gasteiger partial charge in [0, 0.05) is 24.7 Å². The molecule has 0 aliphatic heterocycles. The molecule has 0 aliphatic carbocycles. The molecule has 0 bridgehead atoms. The highest BCUT2D eigenvalue weighted by atomic mass is 127. The van der Waals surface area contributed by atoms with Crippen molar-refractivity contribution < 1.29 is 0 Å². The van der Waals surface area contributed by atoms with Gasteiger partial charge in [0.05, 0.1) is 18.2 Å². The van der Waals surface area contributed by atoms with Gasteiger partial charge in [0.25, 0.3) is 0 Å². The van der Waals surface area contributed by atoms with Crippen LogP contribution < -0.4 is 10.6 Å². The number of nitrogens with one attached hydrogen (secondary N) is 2. The predicted octanol–water partition coefficient (Wildman–Crippen LogP) is 3.06. The summed E-state index contributed by atoms with van der Waals surface area (Å²) in [6.07, 6.45) is 2.94. The predicted molar refractivity (Wildman–Crippen MR) is 105 cm³/mol. The second-order valence-electron chi connectivity index (χ2n) is 4.67. The summed E-state index contributed by atoms with van der Waals surface area (Å²) >= 11 is 1.71. The third kappa shape index (κ3) is 6.15. The van der Waals surface area contributed by atoms with E-state index in [9.17, 15) is 0 Å².